The van der Waals surface area contributed by atoms with Gasteiger partial charge in [0.1, 0.15) is 11.4 Å². The van der Waals surface area contributed by atoms with Gasteiger partial charge in [-0.1, -0.05) is 53.7 Å². The Morgan fingerprint density at radius 2 is 1.63 bits per heavy atom. The summed E-state index contributed by atoms with van der Waals surface area (Å²) in [5.41, 5.74) is 3.72. The van der Waals surface area contributed by atoms with Gasteiger partial charge in [0, 0.05) is 18.3 Å². The number of amides is 1. The smallest absolute Gasteiger partial charge is 0.233 e. The Labute approximate surface area is 268 Å². The third kappa shape index (κ3) is 8.00. The van der Waals surface area contributed by atoms with E-state index in [0.717, 1.165) is 47.5 Å². The Hall–Kier alpha value is -4.09. The molecule has 5 rings (SSSR count). The van der Waals surface area contributed by atoms with E-state index in [2.05, 4.69) is 10.5 Å². The number of hydrogen-bond acceptors (Lipinski definition) is 8. The number of β-lactam (4-membered cyclic amide) rings is 1. The van der Waals surface area contributed by atoms with Crippen LogP contribution in [0.1, 0.15) is 65.8 Å². The fraction of sp³-hybridized carbons (Fsp3) is 0.389. The van der Waals surface area contributed by atoms with Crippen molar-refractivity contribution in [3.8, 4) is 0 Å². The van der Waals surface area contributed by atoms with Gasteiger partial charge in [-0.3, -0.25) is 4.79 Å². The van der Waals surface area contributed by atoms with E-state index in [1.165, 1.54) is 12.1 Å². The molecule has 3 atom stereocenters. The van der Waals surface area contributed by atoms with E-state index in [0.29, 0.717) is 30.7 Å². The zero-order valence-electron chi connectivity index (χ0n) is 26.0. The average molecular weight is 632 g/mol. The van der Waals surface area contributed by atoms with Crippen molar-refractivity contribution in [1.29, 1.82) is 0 Å². The summed E-state index contributed by atoms with van der Waals surface area (Å²) in [5, 5.41) is 46.9. The number of nitrogens with zero attached hydrogens (tertiary/aromatic N) is 2. The van der Waals surface area contributed by atoms with Gasteiger partial charge in [-0.15, -0.1) is 0 Å². The molecular weight excluding hydrogens is 589 g/mol. The fourth-order valence-corrected chi connectivity index (χ4v) is 5.93. The third-order valence-electron chi connectivity index (χ3n) is 8.79. The van der Waals surface area contributed by atoms with E-state index in [1.54, 1.807) is 17.0 Å². The molecule has 1 aromatic heterocycles. The predicted molar refractivity (Wildman–Crippen MR) is 173 cm³/mol. The van der Waals surface area contributed by atoms with Gasteiger partial charge in [-0.25, -0.2) is 4.39 Å². The molecule has 3 aromatic carbocycles. The van der Waals surface area contributed by atoms with Crippen molar-refractivity contribution in [2.45, 2.75) is 63.2 Å². The average Bonchev–Trinajstić information content (AvgIpc) is 3.50. The second-order valence-corrected chi connectivity index (χ2v) is 12.2. The number of carbonyl (C=O) groups excluding carboxylic acids is 1. The van der Waals surface area contributed by atoms with Gasteiger partial charge in [-0.2, -0.15) is 0 Å². The van der Waals surface area contributed by atoms with Crippen LogP contribution in [0.3, 0.4) is 0 Å². The lowest BCUT2D eigenvalue weighted by atomic mass is 9.78. The monoisotopic (exact) mass is 631 g/mol. The van der Waals surface area contributed by atoms with Crippen molar-refractivity contribution in [2.75, 3.05) is 30.0 Å². The highest BCUT2D eigenvalue weighted by molar-refractivity contribution is 6.03. The molecule has 1 fully saturated rings. The molecule has 1 saturated heterocycles. The van der Waals surface area contributed by atoms with Gasteiger partial charge in [0.2, 0.25) is 11.8 Å². The fourth-order valence-electron chi connectivity index (χ4n) is 5.93. The molecule has 2 heterocycles. The molecule has 1 aliphatic heterocycles. The van der Waals surface area contributed by atoms with E-state index >= 15 is 0 Å². The van der Waals surface area contributed by atoms with Crippen molar-refractivity contribution in [2.24, 2.45) is 5.92 Å². The Morgan fingerprint density at radius 1 is 0.978 bits per heavy atom. The van der Waals surface area contributed by atoms with Crippen LogP contribution in [-0.2, 0) is 17.6 Å². The Bertz CT molecular complexity index is 1550. The molecule has 4 aromatic rings. The molecule has 9 nitrogen and oxygen atoms in total. The van der Waals surface area contributed by atoms with Crippen LogP contribution in [0.2, 0.25) is 0 Å². The number of aryl methyl sites for hydroxylation is 3. The minimum atomic E-state index is -1.54. The Morgan fingerprint density at radius 3 is 2.26 bits per heavy atom. The zero-order valence-corrected chi connectivity index (χ0v) is 26.0. The maximum absolute atomic E-state index is 13.6. The summed E-state index contributed by atoms with van der Waals surface area (Å²) in [5.74, 6) is -0.0819. The van der Waals surface area contributed by atoms with Crippen LogP contribution in [0, 0.1) is 18.7 Å². The summed E-state index contributed by atoms with van der Waals surface area (Å²) in [7, 11) is 0. The number of nitrogens with one attached hydrogen (secondary N) is 1. The van der Waals surface area contributed by atoms with Gasteiger partial charge in [0.15, 0.2) is 0 Å². The maximum atomic E-state index is 13.6. The highest BCUT2D eigenvalue weighted by Gasteiger charge is 2.48. The number of rotatable bonds is 16. The minimum Gasteiger partial charge on any atom is -0.393 e. The third-order valence-corrected chi connectivity index (χ3v) is 8.79. The predicted octanol–water partition coefficient (Wildman–Crippen LogP) is 5.03. The second kappa shape index (κ2) is 15.0. The van der Waals surface area contributed by atoms with Gasteiger partial charge >= 0.3 is 0 Å². The summed E-state index contributed by atoms with van der Waals surface area (Å²) < 4.78 is 18.6. The summed E-state index contributed by atoms with van der Waals surface area (Å²) in [6.45, 7) is 1.57. The molecular formula is C36H42FN3O6. The molecule has 0 radical (unpaired) electrons. The molecule has 10 heteroatoms. The van der Waals surface area contributed by atoms with Gasteiger partial charge in [0.25, 0.3) is 0 Å². The molecule has 5 N–H and O–H groups in total. The van der Waals surface area contributed by atoms with Crippen LogP contribution in [0.4, 0.5) is 16.0 Å². The van der Waals surface area contributed by atoms with Crippen molar-refractivity contribution in [1.82, 2.24) is 5.16 Å². The van der Waals surface area contributed by atoms with E-state index in [4.69, 9.17) is 4.52 Å². The molecule has 0 bridgehead atoms. The lowest BCUT2D eigenvalue weighted by Crippen LogP contribution is -2.55. The van der Waals surface area contributed by atoms with Gasteiger partial charge in [-0.05, 0) is 92.0 Å². The van der Waals surface area contributed by atoms with E-state index in [1.807, 2.05) is 61.5 Å². The number of carbonyl (C=O) groups is 1. The Kier molecular flexibility index (Phi) is 10.9. The summed E-state index contributed by atoms with van der Waals surface area (Å²) in [6.07, 6.45) is 2.41. The van der Waals surface area contributed by atoms with Gasteiger partial charge < -0.3 is 35.2 Å². The molecule has 0 spiro atoms. The first-order valence-electron chi connectivity index (χ1n) is 15.8. The molecule has 0 unspecified atom stereocenters. The largest absolute Gasteiger partial charge is 0.393 e. The summed E-state index contributed by atoms with van der Waals surface area (Å²) in [4.78, 5) is 15.4. The van der Waals surface area contributed by atoms with Crippen LogP contribution in [0.25, 0.3) is 0 Å². The number of anilines is 2. The number of benzene rings is 3. The first-order chi connectivity index (χ1) is 22.2. The quantitative estimate of drug-likeness (QED) is 0.0857. The van der Waals surface area contributed by atoms with E-state index in [-0.39, 0.29) is 30.1 Å². The van der Waals surface area contributed by atoms with Crippen LogP contribution in [0.5, 0.6) is 0 Å². The lowest BCUT2D eigenvalue weighted by Gasteiger charge is -2.48. The SMILES string of the molecule is Cc1cc(NCCCc2ccc(N3C(=O)[C@H](CC[C@H](O)c4ccc(F)cc4)[C@H]3c3ccc(CCC(O)(CO)CO)cc3)cc2)on1. The van der Waals surface area contributed by atoms with Crippen LogP contribution >= 0.6 is 0 Å². The first kappa shape index (κ1) is 33.3. The normalized spacial score (nSPS) is 17.2. The van der Waals surface area contributed by atoms with Crippen molar-refractivity contribution in [3.05, 3.63) is 113 Å². The minimum absolute atomic E-state index is 0.0179. The highest BCUT2D eigenvalue weighted by Crippen LogP contribution is 2.46. The summed E-state index contributed by atoms with van der Waals surface area (Å²) in [6, 6.07) is 23.2. The molecule has 46 heavy (non-hydrogen) atoms. The van der Waals surface area contributed by atoms with Crippen molar-refractivity contribution < 1.29 is 34.1 Å². The number of aliphatic hydroxyl groups is 4. The molecule has 0 saturated carbocycles. The number of aromatic nitrogens is 1. The molecule has 1 amide bonds. The molecule has 0 aliphatic carbocycles. The molecule has 244 valence electrons. The van der Waals surface area contributed by atoms with Gasteiger partial charge in [0.05, 0.1) is 37.0 Å². The van der Waals surface area contributed by atoms with Crippen LogP contribution in [-0.4, -0.2) is 56.8 Å². The maximum Gasteiger partial charge on any atom is 0.233 e. The first-order valence-corrected chi connectivity index (χ1v) is 15.8. The topological polar surface area (TPSA) is 139 Å². The number of aliphatic hydroxyl groups excluding tert-OH is 3. The standard InChI is InChI=1S/C36H42FN3O6/c1-24-21-33(46-39-24)38-20-2-3-25-6-14-30(15-7-25)40-34(28-8-4-26(5-9-28)18-19-36(45,22-41)23-42)31(35(40)44)16-17-32(43)27-10-12-29(37)13-11-27/h4-15,21,31-32,34,38,41-43,45H,2-3,16-20,22-23H2,1H3/t31-,32+,34-/m1/s1. The second-order valence-electron chi connectivity index (χ2n) is 12.2. The number of halogens is 1. The van der Waals surface area contributed by atoms with E-state index in [9.17, 15) is 29.6 Å². The van der Waals surface area contributed by atoms with E-state index < -0.39 is 24.9 Å². The number of hydrogen-bond donors (Lipinski definition) is 5. The molecule has 1 aliphatic rings. The Balaban J connectivity index is 1.27. The van der Waals surface area contributed by atoms with Crippen LogP contribution in [0.15, 0.2) is 83.4 Å². The summed E-state index contributed by atoms with van der Waals surface area (Å²) >= 11 is 0. The van der Waals surface area contributed by atoms with Crippen molar-refractivity contribution in [3.63, 3.8) is 0 Å². The van der Waals surface area contributed by atoms with Crippen molar-refractivity contribution >= 4 is 17.5 Å². The highest BCUT2D eigenvalue weighted by atomic mass is 19.1. The van der Waals surface area contributed by atoms with Crippen LogP contribution < -0.4 is 10.2 Å². The lowest BCUT2D eigenvalue weighted by molar-refractivity contribution is -0.131. The zero-order chi connectivity index (χ0) is 32.7.